The van der Waals surface area contributed by atoms with Crippen LogP contribution in [0.5, 0.6) is 0 Å². The monoisotopic (exact) mass is 217 g/mol. The van der Waals surface area contributed by atoms with E-state index in [1.54, 1.807) is 0 Å². The topological polar surface area (TPSA) is 51.6 Å². The zero-order valence-electron chi connectivity index (χ0n) is 9.58. The summed E-state index contributed by atoms with van der Waals surface area (Å²) in [5.41, 5.74) is 1.29. The molecule has 0 spiro atoms. The Morgan fingerprint density at radius 2 is 2.19 bits per heavy atom. The lowest BCUT2D eigenvalue weighted by Crippen LogP contribution is -2.34. The first-order valence-electron chi connectivity index (χ1n) is 6.14. The van der Waals surface area contributed by atoms with Crippen LogP contribution in [0.2, 0.25) is 0 Å². The van der Waals surface area contributed by atoms with E-state index in [4.69, 9.17) is 5.26 Å². The van der Waals surface area contributed by atoms with E-state index in [1.807, 2.05) is 12.3 Å². The molecule has 3 nitrogen and oxygen atoms in total. The summed E-state index contributed by atoms with van der Waals surface area (Å²) < 4.78 is 0. The van der Waals surface area contributed by atoms with Crippen molar-refractivity contribution in [1.82, 2.24) is 10.3 Å². The number of aromatic amines is 1. The summed E-state index contributed by atoms with van der Waals surface area (Å²) in [5, 5.41) is 12.4. The van der Waals surface area contributed by atoms with Crippen molar-refractivity contribution in [3.63, 3.8) is 0 Å². The molecule has 1 saturated carbocycles. The first-order valence-corrected chi connectivity index (χ1v) is 6.14. The molecule has 1 aromatic heterocycles. The van der Waals surface area contributed by atoms with Crippen LogP contribution in [-0.4, -0.2) is 17.6 Å². The molecule has 1 aromatic rings. The molecule has 0 bridgehead atoms. The van der Waals surface area contributed by atoms with Gasteiger partial charge in [-0.05, 0) is 44.2 Å². The third-order valence-electron chi connectivity index (χ3n) is 3.40. The predicted octanol–water partition coefficient (Wildman–Crippen LogP) is 2.23. The van der Waals surface area contributed by atoms with E-state index in [1.165, 1.54) is 5.69 Å². The number of hydrogen-bond donors (Lipinski definition) is 2. The minimum absolute atomic E-state index is 0.307. The Kier molecular flexibility index (Phi) is 4.01. The molecule has 0 aliphatic heterocycles. The molecule has 2 rings (SSSR count). The maximum absolute atomic E-state index is 8.80. The molecule has 0 saturated heterocycles. The van der Waals surface area contributed by atoms with Gasteiger partial charge in [0.15, 0.2) is 0 Å². The van der Waals surface area contributed by atoms with Crippen LogP contribution in [0.25, 0.3) is 0 Å². The van der Waals surface area contributed by atoms with Crippen LogP contribution in [0.15, 0.2) is 18.3 Å². The fourth-order valence-corrected chi connectivity index (χ4v) is 2.36. The Labute approximate surface area is 96.9 Å². The highest BCUT2D eigenvalue weighted by Crippen LogP contribution is 2.23. The second-order valence-corrected chi connectivity index (χ2v) is 4.58. The van der Waals surface area contributed by atoms with Gasteiger partial charge < -0.3 is 10.3 Å². The van der Waals surface area contributed by atoms with E-state index in [2.05, 4.69) is 22.4 Å². The van der Waals surface area contributed by atoms with Crippen molar-refractivity contribution in [2.45, 2.75) is 38.1 Å². The zero-order valence-corrected chi connectivity index (χ0v) is 9.58. The molecule has 0 aromatic carbocycles. The summed E-state index contributed by atoms with van der Waals surface area (Å²) in [6.07, 6.45) is 7.47. The fourth-order valence-electron chi connectivity index (χ4n) is 2.36. The third-order valence-corrected chi connectivity index (χ3v) is 3.40. The van der Waals surface area contributed by atoms with E-state index >= 15 is 0 Å². The Bertz CT molecular complexity index is 329. The maximum atomic E-state index is 8.80. The summed E-state index contributed by atoms with van der Waals surface area (Å²) >= 11 is 0. The molecule has 16 heavy (non-hydrogen) atoms. The van der Waals surface area contributed by atoms with Crippen LogP contribution >= 0.6 is 0 Å². The molecule has 0 unspecified atom stereocenters. The van der Waals surface area contributed by atoms with E-state index in [-0.39, 0.29) is 0 Å². The summed E-state index contributed by atoms with van der Waals surface area (Å²) in [6, 6.07) is 7.15. The number of nitriles is 1. The maximum Gasteiger partial charge on any atom is 0.0655 e. The van der Waals surface area contributed by atoms with Gasteiger partial charge in [0.1, 0.15) is 0 Å². The third kappa shape index (κ3) is 3.11. The van der Waals surface area contributed by atoms with Crippen molar-refractivity contribution in [1.29, 1.82) is 5.26 Å². The molecule has 0 amide bonds. The van der Waals surface area contributed by atoms with Gasteiger partial charge in [-0.2, -0.15) is 5.26 Å². The van der Waals surface area contributed by atoms with Gasteiger partial charge in [-0.1, -0.05) is 0 Å². The highest BCUT2D eigenvalue weighted by atomic mass is 14.9. The van der Waals surface area contributed by atoms with E-state index < -0.39 is 0 Å². The number of aromatic nitrogens is 1. The predicted molar refractivity (Wildman–Crippen MR) is 63.9 cm³/mol. The molecule has 0 atom stereocenters. The van der Waals surface area contributed by atoms with Crippen LogP contribution in [0.4, 0.5) is 0 Å². The van der Waals surface area contributed by atoms with Gasteiger partial charge >= 0.3 is 0 Å². The fraction of sp³-hybridized carbons (Fsp3) is 0.615. The molecule has 1 aliphatic carbocycles. The van der Waals surface area contributed by atoms with E-state index in [0.717, 1.165) is 38.6 Å². The van der Waals surface area contributed by atoms with E-state index in [0.29, 0.717) is 12.0 Å². The SMILES string of the molecule is N#CC1CCC(NCCc2ccc[nH]2)CC1. The summed E-state index contributed by atoms with van der Waals surface area (Å²) in [6.45, 7) is 1.03. The lowest BCUT2D eigenvalue weighted by Gasteiger charge is -2.25. The minimum atomic E-state index is 0.307. The quantitative estimate of drug-likeness (QED) is 0.812. The summed E-state index contributed by atoms with van der Waals surface area (Å²) in [7, 11) is 0. The van der Waals surface area contributed by atoms with Crippen molar-refractivity contribution in [3.05, 3.63) is 24.0 Å². The van der Waals surface area contributed by atoms with Gasteiger partial charge in [0, 0.05) is 30.4 Å². The van der Waals surface area contributed by atoms with Gasteiger partial charge in [0.2, 0.25) is 0 Å². The lowest BCUT2D eigenvalue weighted by molar-refractivity contribution is 0.333. The number of nitrogens with zero attached hydrogens (tertiary/aromatic N) is 1. The average Bonchev–Trinajstić information content (AvgIpc) is 2.83. The van der Waals surface area contributed by atoms with Gasteiger partial charge in [-0.3, -0.25) is 0 Å². The number of nitrogens with one attached hydrogen (secondary N) is 2. The molecule has 0 radical (unpaired) electrons. The van der Waals surface area contributed by atoms with Crippen molar-refractivity contribution in [2.24, 2.45) is 5.92 Å². The van der Waals surface area contributed by atoms with Gasteiger partial charge in [-0.25, -0.2) is 0 Å². The van der Waals surface area contributed by atoms with Crippen LogP contribution in [0.1, 0.15) is 31.4 Å². The molecule has 86 valence electrons. The van der Waals surface area contributed by atoms with Crippen LogP contribution < -0.4 is 5.32 Å². The summed E-state index contributed by atoms with van der Waals surface area (Å²) in [4.78, 5) is 3.21. The standard InChI is InChI=1S/C13H19N3/c14-10-11-3-5-13(6-4-11)16-9-7-12-2-1-8-15-12/h1-2,8,11,13,15-16H,3-7,9H2. The van der Waals surface area contributed by atoms with Crippen molar-refractivity contribution in [3.8, 4) is 6.07 Å². The smallest absolute Gasteiger partial charge is 0.0655 e. The largest absolute Gasteiger partial charge is 0.365 e. The molecule has 1 aliphatic rings. The highest BCUT2D eigenvalue weighted by Gasteiger charge is 2.19. The second-order valence-electron chi connectivity index (χ2n) is 4.58. The first-order chi connectivity index (χ1) is 7.88. The van der Waals surface area contributed by atoms with Crippen LogP contribution in [-0.2, 0) is 6.42 Å². The Morgan fingerprint density at radius 3 is 2.81 bits per heavy atom. The van der Waals surface area contributed by atoms with Crippen LogP contribution in [0, 0.1) is 17.2 Å². The van der Waals surface area contributed by atoms with E-state index in [9.17, 15) is 0 Å². The molecule has 3 heteroatoms. The Hall–Kier alpha value is -1.27. The highest BCUT2D eigenvalue weighted by molar-refractivity contribution is 5.03. The average molecular weight is 217 g/mol. The Morgan fingerprint density at radius 1 is 1.38 bits per heavy atom. The van der Waals surface area contributed by atoms with Crippen molar-refractivity contribution in [2.75, 3.05) is 6.54 Å². The minimum Gasteiger partial charge on any atom is -0.365 e. The lowest BCUT2D eigenvalue weighted by atomic mass is 9.87. The van der Waals surface area contributed by atoms with Gasteiger partial charge in [0.25, 0.3) is 0 Å². The number of hydrogen-bond acceptors (Lipinski definition) is 2. The van der Waals surface area contributed by atoms with Gasteiger partial charge in [-0.15, -0.1) is 0 Å². The normalized spacial score (nSPS) is 25.2. The molecular formula is C13H19N3. The second kappa shape index (κ2) is 5.72. The van der Waals surface area contributed by atoms with Crippen molar-refractivity contribution >= 4 is 0 Å². The molecule has 1 heterocycles. The van der Waals surface area contributed by atoms with Crippen LogP contribution in [0.3, 0.4) is 0 Å². The Balaban J connectivity index is 1.63. The molecular weight excluding hydrogens is 198 g/mol. The molecule has 2 N–H and O–H groups in total. The number of rotatable bonds is 4. The van der Waals surface area contributed by atoms with Gasteiger partial charge in [0.05, 0.1) is 6.07 Å². The zero-order chi connectivity index (χ0) is 11.2. The molecule has 1 fully saturated rings. The first kappa shape index (κ1) is 11.2. The number of H-pyrrole nitrogens is 1. The summed E-state index contributed by atoms with van der Waals surface area (Å²) in [5.74, 6) is 0.307. The van der Waals surface area contributed by atoms with Crippen molar-refractivity contribution < 1.29 is 0 Å².